The van der Waals surface area contributed by atoms with Crippen molar-refractivity contribution in [3.8, 4) is 0 Å². The van der Waals surface area contributed by atoms with Crippen molar-refractivity contribution in [3.63, 3.8) is 0 Å². The van der Waals surface area contributed by atoms with E-state index in [-0.39, 0.29) is 5.41 Å². The molecule has 0 aromatic carbocycles. The number of allylic oxidation sites excluding steroid dienone is 1. The molecule has 0 spiro atoms. The van der Waals surface area contributed by atoms with Crippen LogP contribution in [0.3, 0.4) is 0 Å². The Balaban J connectivity index is 4.95. The lowest BCUT2D eigenvalue weighted by molar-refractivity contribution is 0.0857. The monoisotopic (exact) mass is 212 g/mol. The predicted molar refractivity (Wildman–Crippen MR) is 65.0 cm³/mol. The summed E-state index contributed by atoms with van der Waals surface area (Å²) >= 11 is 0. The summed E-state index contributed by atoms with van der Waals surface area (Å²) in [5.74, 6) is 1.14. The van der Waals surface area contributed by atoms with E-state index in [1.54, 1.807) is 7.05 Å². The molecule has 0 unspecified atom stereocenters. The van der Waals surface area contributed by atoms with Gasteiger partial charge in [-0.25, -0.2) is 0 Å². The Morgan fingerprint density at radius 1 is 1.53 bits per heavy atom. The van der Waals surface area contributed by atoms with Gasteiger partial charge in [-0.15, -0.1) is 0 Å². The Bertz CT molecular complexity index is 242. The van der Waals surface area contributed by atoms with Gasteiger partial charge in [-0.1, -0.05) is 32.1 Å². The van der Waals surface area contributed by atoms with Gasteiger partial charge in [-0.05, 0) is 19.8 Å². The first-order valence-corrected chi connectivity index (χ1v) is 5.31. The smallest absolute Gasteiger partial charge is 0.126 e. The minimum absolute atomic E-state index is 0.198. The van der Waals surface area contributed by atoms with E-state index in [0.29, 0.717) is 18.2 Å². The second-order valence-corrected chi connectivity index (χ2v) is 4.40. The van der Waals surface area contributed by atoms with Crippen molar-refractivity contribution in [3.05, 3.63) is 24.0 Å². The summed E-state index contributed by atoms with van der Waals surface area (Å²) < 4.78 is 0. The van der Waals surface area contributed by atoms with Crippen LogP contribution in [0.5, 0.6) is 0 Å². The molecule has 3 N–H and O–H groups in total. The van der Waals surface area contributed by atoms with Crippen LogP contribution in [-0.2, 0) is 4.84 Å². The first-order valence-electron chi connectivity index (χ1n) is 5.31. The van der Waals surface area contributed by atoms with Crippen molar-refractivity contribution in [1.29, 1.82) is 0 Å². The third kappa shape index (κ3) is 3.68. The topological polar surface area (TPSA) is 47.3 Å². The molecule has 0 rings (SSSR count). The number of nitrogens with one attached hydrogen (secondary N) is 1. The molecule has 0 heterocycles. The second-order valence-electron chi connectivity index (χ2n) is 4.40. The minimum atomic E-state index is -0.198. The van der Waals surface area contributed by atoms with Gasteiger partial charge in [0.25, 0.3) is 0 Å². The van der Waals surface area contributed by atoms with Gasteiger partial charge >= 0.3 is 0 Å². The van der Waals surface area contributed by atoms with E-state index in [0.717, 1.165) is 0 Å². The van der Waals surface area contributed by atoms with Crippen LogP contribution in [0.1, 0.15) is 27.7 Å². The summed E-state index contributed by atoms with van der Waals surface area (Å²) in [5, 5.41) is 0. The Morgan fingerprint density at radius 2 is 2.07 bits per heavy atom. The number of hydroxylamine groups is 1. The van der Waals surface area contributed by atoms with Crippen LogP contribution in [0.15, 0.2) is 24.0 Å². The van der Waals surface area contributed by atoms with Gasteiger partial charge in [0, 0.05) is 19.0 Å². The predicted octanol–water partition coefficient (Wildman–Crippen LogP) is 2.22. The summed E-state index contributed by atoms with van der Waals surface area (Å²) in [6.07, 6.45) is 2.05. The lowest BCUT2D eigenvalue weighted by Gasteiger charge is -2.32. The van der Waals surface area contributed by atoms with Crippen molar-refractivity contribution in [2.75, 3.05) is 13.6 Å². The summed E-state index contributed by atoms with van der Waals surface area (Å²) in [6, 6.07) is 0. The number of hydrogen-bond acceptors (Lipinski definition) is 3. The fourth-order valence-corrected chi connectivity index (χ4v) is 1.75. The van der Waals surface area contributed by atoms with Crippen LogP contribution in [0.2, 0.25) is 0 Å². The summed E-state index contributed by atoms with van der Waals surface area (Å²) in [5.41, 5.74) is 9.28. The minimum Gasteiger partial charge on any atom is -0.413 e. The molecule has 0 aliphatic heterocycles. The lowest BCUT2D eigenvalue weighted by Crippen LogP contribution is -2.26. The fourth-order valence-electron chi connectivity index (χ4n) is 1.75. The van der Waals surface area contributed by atoms with Gasteiger partial charge < -0.3 is 10.6 Å². The molecule has 0 amide bonds. The highest BCUT2D eigenvalue weighted by Gasteiger charge is 2.30. The maximum atomic E-state index is 5.58. The molecule has 0 atom stereocenters. The average molecular weight is 212 g/mol. The molecule has 15 heavy (non-hydrogen) atoms. The highest BCUT2D eigenvalue weighted by atomic mass is 16.6. The molecular formula is C12H24N2O. The normalized spacial score (nSPS) is 13.1. The number of nitrogens with two attached hydrogens (primary N) is 1. The summed E-state index contributed by atoms with van der Waals surface area (Å²) in [6.45, 7) is 13.0. The standard InChI is InChI=1S/C12H24N2O/c1-9(2)11(7-8-13)12(4,5)10(3)15-14-6/h7,9,14H,3,8,13H2,1-2,4-6H3/b11-7+. The zero-order valence-corrected chi connectivity index (χ0v) is 10.6. The van der Waals surface area contributed by atoms with Gasteiger partial charge in [-0.3, -0.25) is 0 Å². The zero-order chi connectivity index (χ0) is 12.1. The Hall–Kier alpha value is -0.800. The van der Waals surface area contributed by atoms with E-state index in [2.05, 4.69) is 45.8 Å². The van der Waals surface area contributed by atoms with E-state index in [4.69, 9.17) is 10.6 Å². The molecular weight excluding hydrogens is 188 g/mol. The molecule has 0 aliphatic rings. The van der Waals surface area contributed by atoms with E-state index < -0.39 is 0 Å². The van der Waals surface area contributed by atoms with Crippen molar-refractivity contribution in [1.82, 2.24) is 5.48 Å². The van der Waals surface area contributed by atoms with E-state index >= 15 is 0 Å². The second kappa shape index (κ2) is 5.93. The van der Waals surface area contributed by atoms with Gasteiger partial charge in [0.1, 0.15) is 5.76 Å². The van der Waals surface area contributed by atoms with Gasteiger partial charge in [0.05, 0.1) is 0 Å². The highest BCUT2D eigenvalue weighted by Crippen LogP contribution is 2.37. The third-order valence-corrected chi connectivity index (χ3v) is 2.60. The maximum Gasteiger partial charge on any atom is 0.126 e. The number of rotatable bonds is 6. The first kappa shape index (κ1) is 14.2. The van der Waals surface area contributed by atoms with Crippen LogP contribution in [0.25, 0.3) is 0 Å². The maximum absolute atomic E-state index is 5.58. The molecule has 3 nitrogen and oxygen atoms in total. The molecule has 0 fully saturated rings. The van der Waals surface area contributed by atoms with E-state index in [9.17, 15) is 0 Å². The molecule has 0 saturated heterocycles. The van der Waals surface area contributed by atoms with Gasteiger partial charge in [0.15, 0.2) is 0 Å². The molecule has 88 valence electrons. The molecule has 0 aromatic rings. The highest BCUT2D eigenvalue weighted by molar-refractivity contribution is 5.24. The summed E-state index contributed by atoms with van der Waals surface area (Å²) in [7, 11) is 1.73. The third-order valence-electron chi connectivity index (χ3n) is 2.60. The van der Waals surface area contributed by atoms with Crippen molar-refractivity contribution in [2.45, 2.75) is 27.7 Å². The van der Waals surface area contributed by atoms with Gasteiger partial charge in [-0.2, -0.15) is 5.48 Å². The zero-order valence-electron chi connectivity index (χ0n) is 10.6. The Morgan fingerprint density at radius 3 is 2.40 bits per heavy atom. The number of hydrogen-bond donors (Lipinski definition) is 2. The molecule has 0 aromatic heterocycles. The molecule has 0 bridgehead atoms. The summed E-state index contributed by atoms with van der Waals surface area (Å²) in [4.78, 5) is 5.26. The quantitative estimate of drug-likeness (QED) is 0.403. The molecule has 3 heteroatoms. The molecule has 0 aliphatic carbocycles. The first-order chi connectivity index (χ1) is 6.87. The molecule has 0 radical (unpaired) electrons. The van der Waals surface area contributed by atoms with Crippen molar-refractivity contribution in [2.24, 2.45) is 17.1 Å². The van der Waals surface area contributed by atoms with Crippen molar-refractivity contribution < 1.29 is 4.84 Å². The fraction of sp³-hybridized carbons (Fsp3) is 0.667. The Labute approximate surface area is 93.3 Å². The van der Waals surface area contributed by atoms with Crippen LogP contribution < -0.4 is 11.2 Å². The Kier molecular flexibility index (Phi) is 5.61. The van der Waals surface area contributed by atoms with Crippen LogP contribution in [0, 0.1) is 11.3 Å². The van der Waals surface area contributed by atoms with E-state index in [1.165, 1.54) is 5.57 Å². The largest absolute Gasteiger partial charge is 0.413 e. The molecule has 0 saturated carbocycles. The van der Waals surface area contributed by atoms with Crippen LogP contribution >= 0.6 is 0 Å². The van der Waals surface area contributed by atoms with Crippen molar-refractivity contribution >= 4 is 0 Å². The van der Waals surface area contributed by atoms with E-state index in [1.807, 2.05) is 0 Å². The average Bonchev–Trinajstić information content (AvgIpc) is 2.13. The van der Waals surface area contributed by atoms with Gasteiger partial charge in [0.2, 0.25) is 0 Å². The SMILES string of the molecule is C=C(ONC)C(C)(C)/C(=C/CN)C(C)C. The van der Waals surface area contributed by atoms with Crippen LogP contribution in [-0.4, -0.2) is 13.6 Å². The van der Waals surface area contributed by atoms with Crippen LogP contribution in [0.4, 0.5) is 0 Å². The lowest BCUT2D eigenvalue weighted by atomic mass is 9.77.